The standard InChI is InChI=1S/C14H11F3N2O3S/c1-2-4-12-13(20)18-7-8-19(12)23(21,22)11-6-3-5-10(9-11)14(15,16)17/h1,3,5-9,12H,4H2,(H,18,20)/t12-/m1/s1. The molecule has 1 amide bonds. The first-order valence-corrected chi connectivity index (χ1v) is 7.73. The van der Waals surface area contributed by atoms with Crippen LogP contribution in [0.15, 0.2) is 41.6 Å². The molecule has 1 aliphatic heterocycles. The van der Waals surface area contributed by atoms with E-state index in [-0.39, 0.29) is 6.42 Å². The lowest BCUT2D eigenvalue weighted by Gasteiger charge is -2.30. The van der Waals surface area contributed by atoms with Gasteiger partial charge < -0.3 is 5.32 Å². The second kappa shape index (κ2) is 5.96. The van der Waals surface area contributed by atoms with Gasteiger partial charge in [0.1, 0.15) is 6.04 Å². The van der Waals surface area contributed by atoms with Crippen molar-refractivity contribution in [3.63, 3.8) is 0 Å². The second-order valence-electron chi connectivity index (χ2n) is 4.61. The summed E-state index contributed by atoms with van der Waals surface area (Å²) in [5.41, 5.74) is -1.10. The molecule has 0 unspecified atom stereocenters. The van der Waals surface area contributed by atoms with Gasteiger partial charge in [-0.15, -0.1) is 12.3 Å². The normalized spacial score (nSPS) is 18.4. The van der Waals surface area contributed by atoms with E-state index in [2.05, 4.69) is 11.2 Å². The lowest BCUT2D eigenvalue weighted by atomic mass is 10.2. The number of nitrogens with one attached hydrogen (secondary N) is 1. The van der Waals surface area contributed by atoms with E-state index in [1.165, 1.54) is 0 Å². The first-order chi connectivity index (χ1) is 10.7. The predicted octanol–water partition coefficient (Wildman–Crippen LogP) is 1.69. The summed E-state index contributed by atoms with van der Waals surface area (Å²) in [5, 5.41) is 2.30. The maximum Gasteiger partial charge on any atom is 0.416 e. The number of hydrogen-bond acceptors (Lipinski definition) is 3. The summed E-state index contributed by atoms with van der Waals surface area (Å²) in [6.07, 6.45) is 2.37. The van der Waals surface area contributed by atoms with E-state index in [0.717, 1.165) is 30.6 Å². The summed E-state index contributed by atoms with van der Waals surface area (Å²) in [4.78, 5) is 11.2. The Morgan fingerprint density at radius 2 is 2.04 bits per heavy atom. The second-order valence-corrected chi connectivity index (χ2v) is 6.45. The molecule has 0 saturated carbocycles. The van der Waals surface area contributed by atoms with Gasteiger partial charge >= 0.3 is 6.18 Å². The molecule has 2 rings (SSSR count). The molecule has 9 heteroatoms. The van der Waals surface area contributed by atoms with Gasteiger partial charge in [-0.2, -0.15) is 13.2 Å². The highest BCUT2D eigenvalue weighted by molar-refractivity contribution is 7.89. The molecule has 5 nitrogen and oxygen atoms in total. The average molecular weight is 344 g/mol. The number of nitrogens with zero attached hydrogens (tertiary/aromatic N) is 1. The highest BCUT2D eigenvalue weighted by Crippen LogP contribution is 2.31. The van der Waals surface area contributed by atoms with Crippen LogP contribution >= 0.6 is 0 Å². The topological polar surface area (TPSA) is 66.5 Å². The molecular weight excluding hydrogens is 333 g/mol. The van der Waals surface area contributed by atoms with Gasteiger partial charge in [0, 0.05) is 18.8 Å². The number of hydrogen-bond donors (Lipinski definition) is 1. The van der Waals surface area contributed by atoms with Gasteiger partial charge in [0.25, 0.3) is 10.0 Å². The van der Waals surface area contributed by atoms with Crippen molar-refractivity contribution in [1.82, 2.24) is 9.62 Å². The monoisotopic (exact) mass is 344 g/mol. The van der Waals surface area contributed by atoms with E-state index >= 15 is 0 Å². The highest BCUT2D eigenvalue weighted by Gasteiger charge is 2.37. The minimum absolute atomic E-state index is 0.214. The number of benzene rings is 1. The summed E-state index contributed by atoms with van der Waals surface area (Å²) in [7, 11) is -4.36. The molecule has 1 atom stereocenters. The number of alkyl halides is 3. The van der Waals surface area contributed by atoms with Gasteiger partial charge in [0.05, 0.1) is 10.5 Å². The predicted molar refractivity (Wildman–Crippen MR) is 75.0 cm³/mol. The minimum Gasteiger partial charge on any atom is -0.329 e. The molecule has 23 heavy (non-hydrogen) atoms. The molecule has 0 bridgehead atoms. The van der Waals surface area contributed by atoms with Gasteiger partial charge in [-0.05, 0) is 18.2 Å². The van der Waals surface area contributed by atoms with E-state index in [0.29, 0.717) is 10.4 Å². The molecule has 1 aromatic rings. The van der Waals surface area contributed by atoms with Crippen LogP contribution in [0.1, 0.15) is 12.0 Å². The van der Waals surface area contributed by atoms with Crippen LogP contribution in [0, 0.1) is 12.3 Å². The zero-order chi connectivity index (χ0) is 17.3. The summed E-state index contributed by atoms with van der Waals surface area (Å²) >= 11 is 0. The summed E-state index contributed by atoms with van der Waals surface area (Å²) in [5.74, 6) is 1.52. The Kier molecular flexibility index (Phi) is 4.38. The van der Waals surface area contributed by atoms with Crippen molar-refractivity contribution in [1.29, 1.82) is 0 Å². The summed E-state index contributed by atoms with van der Waals surface area (Å²) in [6.45, 7) is 0. The molecule has 1 aliphatic rings. The largest absolute Gasteiger partial charge is 0.416 e. The molecule has 1 aromatic carbocycles. The molecule has 122 valence electrons. The van der Waals surface area contributed by atoms with Crippen molar-refractivity contribution in [2.24, 2.45) is 0 Å². The Labute approximate surface area is 130 Å². The Morgan fingerprint density at radius 1 is 1.35 bits per heavy atom. The van der Waals surface area contributed by atoms with Crippen LogP contribution in [-0.2, 0) is 21.0 Å². The number of terminal acetylenes is 1. The lowest BCUT2D eigenvalue weighted by molar-refractivity contribution is -0.137. The number of amides is 1. The van der Waals surface area contributed by atoms with Crippen LogP contribution in [0.4, 0.5) is 13.2 Å². The van der Waals surface area contributed by atoms with Crippen molar-refractivity contribution < 1.29 is 26.4 Å². The van der Waals surface area contributed by atoms with E-state index in [9.17, 15) is 26.4 Å². The molecule has 0 radical (unpaired) electrons. The Morgan fingerprint density at radius 3 is 2.65 bits per heavy atom. The Hall–Kier alpha value is -2.47. The van der Waals surface area contributed by atoms with E-state index in [1.807, 2.05) is 0 Å². The maximum atomic E-state index is 12.7. The summed E-state index contributed by atoms with van der Waals surface area (Å²) in [6, 6.07) is 2.07. The first-order valence-electron chi connectivity index (χ1n) is 6.29. The van der Waals surface area contributed by atoms with Crippen LogP contribution in [0.3, 0.4) is 0 Å². The van der Waals surface area contributed by atoms with Gasteiger partial charge in [-0.25, -0.2) is 8.42 Å². The van der Waals surface area contributed by atoms with E-state index < -0.39 is 38.6 Å². The molecule has 0 spiro atoms. The first kappa shape index (κ1) is 16.9. The molecule has 0 aliphatic carbocycles. The number of carbonyl (C=O) groups is 1. The molecule has 1 N–H and O–H groups in total. The summed E-state index contributed by atoms with van der Waals surface area (Å²) < 4.78 is 64.0. The van der Waals surface area contributed by atoms with Crippen molar-refractivity contribution in [3.8, 4) is 12.3 Å². The maximum absolute atomic E-state index is 12.7. The van der Waals surface area contributed by atoms with Crippen LogP contribution < -0.4 is 5.32 Å². The van der Waals surface area contributed by atoms with Gasteiger partial charge in [0.2, 0.25) is 5.91 Å². The fourth-order valence-electron chi connectivity index (χ4n) is 2.01. The SMILES string of the molecule is C#CC[C@@H]1C(=O)NC=CN1S(=O)(=O)c1cccc(C(F)(F)F)c1. The van der Waals surface area contributed by atoms with Crippen molar-refractivity contribution in [2.75, 3.05) is 0 Å². The molecule has 0 aromatic heterocycles. The molecule has 1 heterocycles. The van der Waals surface area contributed by atoms with Crippen molar-refractivity contribution in [2.45, 2.75) is 23.5 Å². The fourth-order valence-corrected chi connectivity index (χ4v) is 3.50. The van der Waals surface area contributed by atoms with Crippen LogP contribution in [-0.4, -0.2) is 24.7 Å². The minimum atomic E-state index is -4.68. The number of carbonyl (C=O) groups excluding carboxylic acids is 1. The Bertz CT molecular complexity index is 794. The third-order valence-electron chi connectivity index (χ3n) is 3.10. The van der Waals surface area contributed by atoms with Crippen LogP contribution in [0.2, 0.25) is 0 Å². The van der Waals surface area contributed by atoms with Crippen molar-refractivity contribution in [3.05, 3.63) is 42.2 Å². The molecular formula is C14H11F3N2O3S. The quantitative estimate of drug-likeness (QED) is 0.849. The zero-order valence-corrected chi connectivity index (χ0v) is 12.4. The van der Waals surface area contributed by atoms with Gasteiger partial charge in [-0.3, -0.25) is 9.10 Å². The number of rotatable bonds is 3. The average Bonchev–Trinajstić information content (AvgIpc) is 2.48. The molecule has 0 saturated heterocycles. The number of halogens is 3. The van der Waals surface area contributed by atoms with E-state index in [4.69, 9.17) is 6.42 Å². The van der Waals surface area contributed by atoms with Gasteiger partial charge in [-0.1, -0.05) is 6.07 Å². The van der Waals surface area contributed by atoms with E-state index in [1.54, 1.807) is 0 Å². The highest BCUT2D eigenvalue weighted by atomic mass is 32.2. The Balaban J connectivity index is 2.49. The fraction of sp³-hybridized carbons (Fsp3) is 0.214. The lowest BCUT2D eigenvalue weighted by Crippen LogP contribution is -2.48. The zero-order valence-electron chi connectivity index (χ0n) is 11.5. The van der Waals surface area contributed by atoms with Crippen LogP contribution in [0.25, 0.3) is 0 Å². The molecule has 0 fully saturated rings. The third kappa shape index (κ3) is 3.32. The van der Waals surface area contributed by atoms with Gasteiger partial charge in [0.15, 0.2) is 0 Å². The smallest absolute Gasteiger partial charge is 0.329 e. The van der Waals surface area contributed by atoms with Crippen molar-refractivity contribution >= 4 is 15.9 Å². The van der Waals surface area contributed by atoms with Crippen LogP contribution in [0.5, 0.6) is 0 Å². The number of sulfonamides is 1. The third-order valence-corrected chi connectivity index (χ3v) is 4.89.